The van der Waals surface area contributed by atoms with E-state index in [2.05, 4.69) is 57.1 Å². The first-order chi connectivity index (χ1) is 9.89. The molecular weight excluding hydrogens is 260 g/mol. The molecule has 3 atom stereocenters. The van der Waals surface area contributed by atoms with Crippen LogP contribution in [0.5, 0.6) is 5.75 Å². The van der Waals surface area contributed by atoms with Gasteiger partial charge in [0, 0.05) is 6.04 Å². The van der Waals surface area contributed by atoms with E-state index in [4.69, 9.17) is 4.74 Å². The molecule has 0 aromatic carbocycles. The van der Waals surface area contributed by atoms with Crippen LogP contribution in [0.4, 0.5) is 0 Å². The van der Waals surface area contributed by atoms with Crippen molar-refractivity contribution in [3.63, 3.8) is 0 Å². The Morgan fingerprint density at radius 2 is 2.14 bits per heavy atom. The van der Waals surface area contributed by atoms with E-state index < -0.39 is 0 Å². The van der Waals surface area contributed by atoms with Gasteiger partial charge in [-0.1, -0.05) is 27.7 Å². The van der Waals surface area contributed by atoms with E-state index in [-0.39, 0.29) is 6.04 Å². The zero-order chi connectivity index (χ0) is 15.5. The first kappa shape index (κ1) is 16.3. The number of ether oxygens (including phenoxy) is 1. The molecule has 1 aliphatic rings. The summed E-state index contributed by atoms with van der Waals surface area (Å²) in [5.74, 6) is 1.64. The van der Waals surface area contributed by atoms with Crippen molar-refractivity contribution in [1.29, 1.82) is 0 Å². The number of pyridine rings is 1. The second-order valence-corrected chi connectivity index (χ2v) is 7.35. The molecule has 0 radical (unpaired) electrons. The smallest absolute Gasteiger partial charge is 0.138 e. The van der Waals surface area contributed by atoms with Gasteiger partial charge in [0.1, 0.15) is 5.75 Å². The molecule has 1 aromatic heterocycles. The molecule has 1 heterocycles. The van der Waals surface area contributed by atoms with Gasteiger partial charge in [-0.3, -0.25) is 4.98 Å². The lowest BCUT2D eigenvalue weighted by atomic mass is 9.71. The Morgan fingerprint density at radius 1 is 1.38 bits per heavy atom. The van der Waals surface area contributed by atoms with Crippen molar-refractivity contribution < 1.29 is 4.74 Å². The van der Waals surface area contributed by atoms with Gasteiger partial charge in [-0.05, 0) is 56.2 Å². The maximum atomic E-state index is 6.17. The Kier molecular flexibility index (Phi) is 5.26. The summed E-state index contributed by atoms with van der Waals surface area (Å²) in [7, 11) is 0. The summed E-state index contributed by atoms with van der Waals surface area (Å²) in [5.41, 5.74) is 1.46. The molecule has 0 saturated heterocycles. The van der Waals surface area contributed by atoms with Gasteiger partial charge >= 0.3 is 0 Å². The molecule has 1 N–H and O–H groups in total. The summed E-state index contributed by atoms with van der Waals surface area (Å²) in [6.07, 6.45) is 5.77. The summed E-state index contributed by atoms with van der Waals surface area (Å²) in [6, 6.07) is 4.42. The number of nitrogens with zero attached hydrogens (tertiary/aromatic N) is 1. The Hall–Kier alpha value is -1.09. The van der Waals surface area contributed by atoms with Crippen LogP contribution in [0.15, 0.2) is 18.3 Å². The van der Waals surface area contributed by atoms with E-state index in [9.17, 15) is 0 Å². The monoisotopic (exact) mass is 290 g/mol. The van der Waals surface area contributed by atoms with Gasteiger partial charge < -0.3 is 10.1 Å². The average molecular weight is 290 g/mol. The summed E-state index contributed by atoms with van der Waals surface area (Å²) in [4.78, 5) is 4.53. The highest BCUT2D eigenvalue weighted by molar-refractivity contribution is 5.21. The van der Waals surface area contributed by atoms with Crippen molar-refractivity contribution in [2.45, 2.75) is 66.0 Å². The number of nitrogens with one attached hydrogen (secondary N) is 1. The number of hydrogen-bond donors (Lipinski definition) is 1. The number of aromatic nitrogens is 1. The van der Waals surface area contributed by atoms with Gasteiger partial charge in [0.05, 0.1) is 18.0 Å². The zero-order valence-electron chi connectivity index (χ0n) is 14.1. The fraction of sp³-hybridized carbons (Fsp3) is 0.722. The molecule has 1 saturated carbocycles. The van der Waals surface area contributed by atoms with Gasteiger partial charge in [0.2, 0.25) is 0 Å². The van der Waals surface area contributed by atoms with Crippen LogP contribution in [-0.4, -0.2) is 17.6 Å². The summed E-state index contributed by atoms with van der Waals surface area (Å²) >= 11 is 0. The molecule has 1 fully saturated rings. The summed E-state index contributed by atoms with van der Waals surface area (Å²) in [6.45, 7) is 12.2. The topological polar surface area (TPSA) is 34.1 Å². The van der Waals surface area contributed by atoms with Crippen molar-refractivity contribution in [2.24, 2.45) is 11.3 Å². The highest BCUT2D eigenvalue weighted by Crippen LogP contribution is 2.39. The van der Waals surface area contributed by atoms with Gasteiger partial charge in [-0.15, -0.1) is 0 Å². The molecule has 0 spiro atoms. The lowest BCUT2D eigenvalue weighted by molar-refractivity contribution is 0.0560. The van der Waals surface area contributed by atoms with Gasteiger partial charge in [-0.2, -0.15) is 0 Å². The maximum absolute atomic E-state index is 6.17. The van der Waals surface area contributed by atoms with Crippen molar-refractivity contribution in [3.05, 3.63) is 24.0 Å². The molecule has 3 heteroatoms. The summed E-state index contributed by atoms with van der Waals surface area (Å²) < 4.78 is 6.17. The predicted molar refractivity (Wildman–Crippen MR) is 87.5 cm³/mol. The standard InChI is InChI=1S/C18H30N2O/c1-6-19-14(3)17-8-7-15(12-20-17)21-16-9-13(2)10-18(4,5)11-16/h7-8,12-14,16,19H,6,9-11H2,1-5H3. The highest BCUT2D eigenvalue weighted by Gasteiger charge is 2.33. The second-order valence-electron chi connectivity index (χ2n) is 7.35. The largest absolute Gasteiger partial charge is 0.489 e. The molecule has 3 unspecified atom stereocenters. The van der Waals surface area contributed by atoms with Crippen molar-refractivity contribution >= 4 is 0 Å². The summed E-state index contributed by atoms with van der Waals surface area (Å²) in [5, 5.41) is 3.38. The van der Waals surface area contributed by atoms with Crippen LogP contribution < -0.4 is 10.1 Å². The number of rotatable bonds is 5. The number of hydrogen-bond acceptors (Lipinski definition) is 3. The molecule has 2 rings (SSSR count). The molecule has 0 aliphatic heterocycles. The minimum absolute atomic E-state index is 0.290. The molecule has 1 aliphatic carbocycles. The Morgan fingerprint density at radius 3 is 2.71 bits per heavy atom. The minimum Gasteiger partial charge on any atom is -0.489 e. The molecule has 0 bridgehead atoms. The SMILES string of the molecule is CCNC(C)c1ccc(OC2CC(C)CC(C)(C)C2)cn1. The van der Waals surface area contributed by atoms with Crippen LogP contribution in [0.2, 0.25) is 0 Å². The van der Waals surface area contributed by atoms with Crippen molar-refractivity contribution in [1.82, 2.24) is 10.3 Å². The van der Waals surface area contributed by atoms with Crippen LogP contribution in [0.3, 0.4) is 0 Å². The van der Waals surface area contributed by atoms with Crippen LogP contribution in [0.25, 0.3) is 0 Å². The highest BCUT2D eigenvalue weighted by atomic mass is 16.5. The molecular formula is C18H30N2O. The van der Waals surface area contributed by atoms with Crippen LogP contribution in [0.1, 0.15) is 65.6 Å². The van der Waals surface area contributed by atoms with E-state index in [1.807, 2.05) is 6.20 Å². The molecule has 0 amide bonds. The van der Waals surface area contributed by atoms with Gasteiger partial charge in [-0.25, -0.2) is 0 Å². The lowest BCUT2D eigenvalue weighted by Crippen LogP contribution is -2.34. The molecule has 1 aromatic rings. The Bertz CT molecular complexity index is 441. The third-order valence-corrected chi connectivity index (χ3v) is 4.36. The van der Waals surface area contributed by atoms with Crippen LogP contribution in [0, 0.1) is 11.3 Å². The fourth-order valence-electron chi connectivity index (χ4n) is 3.67. The van der Waals surface area contributed by atoms with E-state index in [1.165, 1.54) is 6.42 Å². The molecule has 3 nitrogen and oxygen atoms in total. The third-order valence-electron chi connectivity index (χ3n) is 4.36. The van der Waals surface area contributed by atoms with E-state index >= 15 is 0 Å². The van der Waals surface area contributed by atoms with E-state index in [0.29, 0.717) is 11.5 Å². The normalized spacial score (nSPS) is 26.3. The minimum atomic E-state index is 0.290. The average Bonchev–Trinajstić information content (AvgIpc) is 2.37. The fourth-order valence-corrected chi connectivity index (χ4v) is 3.67. The first-order valence-electron chi connectivity index (χ1n) is 8.25. The zero-order valence-corrected chi connectivity index (χ0v) is 14.1. The maximum Gasteiger partial charge on any atom is 0.138 e. The van der Waals surface area contributed by atoms with Crippen LogP contribution in [-0.2, 0) is 0 Å². The van der Waals surface area contributed by atoms with E-state index in [1.54, 1.807) is 0 Å². The van der Waals surface area contributed by atoms with E-state index in [0.717, 1.165) is 36.7 Å². The first-order valence-corrected chi connectivity index (χ1v) is 8.25. The Labute approximate surface area is 129 Å². The predicted octanol–water partition coefficient (Wildman–Crippen LogP) is 4.35. The van der Waals surface area contributed by atoms with Crippen molar-refractivity contribution in [2.75, 3.05) is 6.54 Å². The Balaban J connectivity index is 1.97. The lowest BCUT2D eigenvalue weighted by Gasteiger charge is -2.38. The van der Waals surface area contributed by atoms with Crippen molar-refractivity contribution in [3.8, 4) is 5.75 Å². The van der Waals surface area contributed by atoms with Crippen LogP contribution >= 0.6 is 0 Å². The molecule has 21 heavy (non-hydrogen) atoms. The third kappa shape index (κ3) is 4.70. The van der Waals surface area contributed by atoms with Gasteiger partial charge in [0.15, 0.2) is 0 Å². The second kappa shape index (κ2) is 6.78. The molecule has 118 valence electrons. The van der Waals surface area contributed by atoms with Gasteiger partial charge in [0.25, 0.3) is 0 Å². The quantitative estimate of drug-likeness (QED) is 0.875.